The minimum Gasteiger partial charge on any atom is -0.355 e. The average Bonchev–Trinajstić information content (AvgIpc) is 2.35. The Bertz CT molecular complexity index is 470. The van der Waals surface area contributed by atoms with Crippen molar-refractivity contribution in [1.82, 2.24) is 9.88 Å². The molecular weight excluding hydrogens is 256 g/mol. The van der Waals surface area contributed by atoms with E-state index in [9.17, 15) is 10.1 Å². The molecule has 0 aliphatic heterocycles. The second-order valence-electron chi connectivity index (χ2n) is 3.46. The molecule has 0 radical (unpaired) electrons. The van der Waals surface area contributed by atoms with E-state index in [1.807, 2.05) is 6.92 Å². The number of aliphatic imine (C=N–C) groups is 1. The van der Waals surface area contributed by atoms with Crippen molar-refractivity contribution >= 4 is 17.8 Å². The summed E-state index contributed by atoms with van der Waals surface area (Å²) in [5.41, 5.74) is 0.721. The Morgan fingerprint density at radius 2 is 2.39 bits per heavy atom. The van der Waals surface area contributed by atoms with Gasteiger partial charge >= 0.3 is 0 Å². The largest absolute Gasteiger partial charge is 0.355 e. The van der Waals surface area contributed by atoms with E-state index in [2.05, 4.69) is 9.98 Å². The number of hydrogen-bond donors (Lipinski definition) is 0. The van der Waals surface area contributed by atoms with E-state index in [1.165, 1.54) is 6.21 Å². The van der Waals surface area contributed by atoms with Crippen molar-refractivity contribution in [3.8, 4) is 0 Å². The number of rotatable bonds is 5. The molecule has 0 N–H and O–H groups in total. The molecule has 0 atom stereocenters. The van der Waals surface area contributed by atoms with E-state index in [4.69, 9.17) is 11.6 Å². The van der Waals surface area contributed by atoms with Crippen LogP contribution in [0, 0.1) is 10.1 Å². The molecule has 1 heterocycles. The summed E-state index contributed by atoms with van der Waals surface area (Å²) in [5, 5.41) is 10.9. The first-order valence-electron chi connectivity index (χ1n) is 5.25. The molecule has 96 valence electrons. The summed E-state index contributed by atoms with van der Waals surface area (Å²) in [6.07, 6.45) is 3.91. The lowest BCUT2D eigenvalue weighted by Crippen LogP contribution is -2.16. The molecular formula is C11H13ClN4O2. The molecule has 6 nitrogen and oxygen atoms in total. The minimum atomic E-state index is -0.529. The van der Waals surface area contributed by atoms with Crippen LogP contribution >= 0.6 is 11.6 Å². The van der Waals surface area contributed by atoms with Gasteiger partial charge in [0.1, 0.15) is 5.15 Å². The van der Waals surface area contributed by atoms with Crippen molar-refractivity contribution in [3.05, 3.63) is 51.2 Å². The zero-order chi connectivity index (χ0) is 13.5. The Morgan fingerprint density at radius 1 is 1.67 bits per heavy atom. The topological polar surface area (TPSA) is 71.6 Å². The summed E-state index contributed by atoms with van der Waals surface area (Å²) in [5.74, 6) is 0.275. The molecule has 1 rings (SSSR count). The van der Waals surface area contributed by atoms with Crippen LogP contribution < -0.4 is 0 Å². The maximum atomic E-state index is 10.5. The Kier molecular flexibility index (Phi) is 5.26. The Labute approximate surface area is 110 Å². The van der Waals surface area contributed by atoms with Gasteiger partial charge in [0.05, 0.1) is 4.92 Å². The lowest BCUT2D eigenvalue weighted by Gasteiger charge is -2.13. The molecule has 0 bridgehead atoms. The molecule has 0 amide bonds. The molecule has 0 aliphatic carbocycles. The van der Waals surface area contributed by atoms with Gasteiger partial charge in [-0.25, -0.2) is 9.98 Å². The zero-order valence-corrected chi connectivity index (χ0v) is 10.8. The lowest BCUT2D eigenvalue weighted by atomic mass is 10.3. The third-order valence-electron chi connectivity index (χ3n) is 2.18. The highest BCUT2D eigenvalue weighted by Crippen LogP contribution is 2.06. The standard InChI is InChI=1S/C11H13ClN4O2/c1-3-15(2)11(8-16(17)18)14-7-9-4-5-10(12)13-6-9/h4-8H,3H2,1-2H3. The fourth-order valence-corrected chi connectivity index (χ4v) is 1.20. The smallest absolute Gasteiger partial charge is 0.276 e. The van der Waals surface area contributed by atoms with Crippen LogP contribution in [0.5, 0.6) is 0 Å². The molecule has 1 aromatic rings. The van der Waals surface area contributed by atoms with Crippen molar-refractivity contribution in [2.45, 2.75) is 6.92 Å². The zero-order valence-electron chi connectivity index (χ0n) is 10.1. The third-order valence-corrected chi connectivity index (χ3v) is 2.41. The van der Waals surface area contributed by atoms with Crippen LogP contribution in [0.1, 0.15) is 12.5 Å². The van der Waals surface area contributed by atoms with Gasteiger partial charge in [-0.15, -0.1) is 0 Å². The third kappa shape index (κ3) is 4.50. The second-order valence-corrected chi connectivity index (χ2v) is 3.85. The Hall–Kier alpha value is -1.95. The number of nitro groups is 1. The number of halogens is 1. The van der Waals surface area contributed by atoms with Crippen LogP contribution in [0.3, 0.4) is 0 Å². The van der Waals surface area contributed by atoms with Crippen molar-refractivity contribution in [2.24, 2.45) is 4.99 Å². The highest BCUT2D eigenvalue weighted by molar-refractivity contribution is 6.29. The van der Waals surface area contributed by atoms with Crippen LogP contribution in [0.2, 0.25) is 5.15 Å². The summed E-state index contributed by atoms with van der Waals surface area (Å²) in [6, 6.07) is 3.36. The normalized spacial score (nSPS) is 11.8. The summed E-state index contributed by atoms with van der Waals surface area (Å²) in [4.78, 5) is 19.6. The molecule has 0 unspecified atom stereocenters. The van der Waals surface area contributed by atoms with Crippen molar-refractivity contribution in [2.75, 3.05) is 13.6 Å². The first-order valence-corrected chi connectivity index (χ1v) is 5.62. The first-order chi connectivity index (χ1) is 8.52. The molecule has 0 aromatic carbocycles. The average molecular weight is 269 g/mol. The highest BCUT2D eigenvalue weighted by atomic mass is 35.5. The highest BCUT2D eigenvalue weighted by Gasteiger charge is 2.05. The van der Waals surface area contributed by atoms with Crippen molar-refractivity contribution in [1.29, 1.82) is 0 Å². The quantitative estimate of drug-likeness (QED) is 0.355. The molecule has 0 saturated carbocycles. The molecule has 0 fully saturated rings. The number of nitrogens with zero attached hydrogens (tertiary/aromatic N) is 4. The molecule has 18 heavy (non-hydrogen) atoms. The SMILES string of the molecule is CCN(C)C(=C[N+](=O)[O-])N=Cc1ccc(Cl)nc1. The Balaban J connectivity index is 2.89. The van der Waals surface area contributed by atoms with Gasteiger partial charge in [-0.1, -0.05) is 11.6 Å². The maximum absolute atomic E-state index is 10.5. The predicted molar refractivity (Wildman–Crippen MR) is 70.2 cm³/mol. The van der Waals surface area contributed by atoms with Crippen LogP contribution in [0.4, 0.5) is 0 Å². The summed E-state index contributed by atoms with van der Waals surface area (Å²) in [6.45, 7) is 2.50. The number of hydrogen-bond acceptors (Lipinski definition) is 5. The number of aromatic nitrogens is 1. The van der Waals surface area contributed by atoms with E-state index in [-0.39, 0.29) is 5.82 Å². The van der Waals surface area contributed by atoms with Gasteiger partial charge in [0.15, 0.2) is 5.82 Å². The van der Waals surface area contributed by atoms with Crippen molar-refractivity contribution < 1.29 is 4.92 Å². The molecule has 0 aliphatic rings. The van der Waals surface area contributed by atoms with Gasteiger partial charge < -0.3 is 4.90 Å². The van der Waals surface area contributed by atoms with E-state index in [0.29, 0.717) is 11.7 Å². The van der Waals surface area contributed by atoms with E-state index in [1.54, 1.807) is 30.3 Å². The van der Waals surface area contributed by atoms with Gasteiger partial charge in [-0.2, -0.15) is 0 Å². The van der Waals surface area contributed by atoms with E-state index >= 15 is 0 Å². The van der Waals surface area contributed by atoms with Crippen LogP contribution in [-0.2, 0) is 0 Å². The first kappa shape index (κ1) is 14.1. The predicted octanol–water partition coefficient (Wildman–Crippen LogP) is 2.18. The van der Waals surface area contributed by atoms with Gasteiger partial charge in [0.2, 0.25) is 0 Å². The van der Waals surface area contributed by atoms with Crippen LogP contribution in [0.15, 0.2) is 35.3 Å². The summed E-state index contributed by atoms with van der Waals surface area (Å²) in [7, 11) is 1.73. The van der Waals surface area contributed by atoms with Gasteiger partial charge in [0, 0.05) is 31.6 Å². The molecule has 7 heteroatoms. The molecule has 0 spiro atoms. The molecule has 1 aromatic heterocycles. The van der Waals surface area contributed by atoms with E-state index in [0.717, 1.165) is 11.8 Å². The fourth-order valence-electron chi connectivity index (χ4n) is 1.09. The second kappa shape index (κ2) is 6.70. The van der Waals surface area contributed by atoms with Gasteiger partial charge in [-0.05, 0) is 19.1 Å². The summed E-state index contributed by atoms with van der Waals surface area (Å²) >= 11 is 5.65. The number of pyridine rings is 1. The van der Waals surface area contributed by atoms with Crippen LogP contribution in [-0.4, -0.2) is 34.6 Å². The van der Waals surface area contributed by atoms with Crippen molar-refractivity contribution in [3.63, 3.8) is 0 Å². The monoisotopic (exact) mass is 268 g/mol. The maximum Gasteiger partial charge on any atom is 0.276 e. The molecule has 0 saturated heterocycles. The Morgan fingerprint density at radius 3 is 2.89 bits per heavy atom. The lowest BCUT2D eigenvalue weighted by molar-refractivity contribution is -0.404. The fraction of sp³-hybridized carbons (Fsp3) is 0.273. The summed E-state index contributed by atoms with van der Waals surface area (Å²) < 4.78 is 0. The minimum absolute atomic E-state index is 0.275. The van der Waals surface area contributed by atoms with Crippen LogP contribution in [0.25, 0.3) is 0 Å². The van der Waals surface area contributed by atoms with Gasteiger partial charge in [0.25, 0.3) is 6.20 Å². The van der Waals surface area contributed by atoms with Gasteiger partial charge in [-0.3, -0.25) is 10.1 Å². The van der Waals surface area contributed by atoms with E-state index < -0.39 is 4.92 Å².